The molecule has 0 fully saturated rings. The normalized spacial score (nSPS) is 13.0. The molecule has 0 bridgehead atoms. The number of rotatable bonds is 6. The fourth-order valence-electron chi connectivity index (χ4n) is 1.10. The van der Waals surface area contributed by atoms with Gasteiger partial charge >= 0.3 is 0 Å². The Kier molecular flexibility index (Phi) is 4.78. The molecule has 0 saturated heterocycles. The summed E-state index contributed by atoms with van der Waals surface area (Å²) in [6, 6.07) is 2.05. The standard InChI is InChI=1S/C9H16N2OS/c1-13(12)6-2-4-10-7-9-3-5-11-8-9/h3,5,8,10-11H,2,4,6-7H2,1H3. The number of hydrogen-bond donors (Lipinski definition) is 2. The first-order chi connectivity index (χ1) is 6.29. The van der Waals surface area contributed by atoms with Gasteiger partial charge in [0, 0.05) is 41.7 Å². The van der Waals surface area contributed by atoms with Crippen LogP contribution in [0.1, 0.15) is 12.0 Å². The second-order valence-corrected chi connectivity index (χ2v) is 4.58. The third-order valence-corrected chi connectivity index (χ3v) is 2.64. The molecule has 0 spiro atoms. The van der Waals surface area contributed by atoms with Crippen LogP contribution in [0.2, 0.25) is 0 Å². The topological polar surface area (TPSA) is 44.9 Å². The maximum absolute atomic E-state index is 10.7. The monoisotopic (exact) mass is 200 g/mol. The van der Waals surface area contributed by atoms with Gasteiger partial charge in [-0.2, -0.15) is 0 Å². The lowest BCUT2D eigenvalue weighted by atomic mass is 10.3. The highest BCUT2D eigenvalue weighted by Crippen LogP contribution is 1.94. The molecule has 3 nitrogen and oxygen atoms in total. The lowest BCUT2D eigenvalue weighted by Crippen LogP contribution is -2.16. The van der Waals surface area contributed by atoms with Crippen molar-refractivity contribution in [1.82, 2.24) is 10.3 Å². The maximum atomic E-state index is 10.7. The van der Waals surface area contributed by atoms with Crippen LogP contribution < -0.4 is 5.32 Å². The molecular weight excluding hydrogens is 184 g/mol. The first-order valence-electron chi connectivity index (χ1n) is 4.41. The van der Waals surface area contributed by atoms with Crippen LogP contribution in [0.4, 0.5) is 0 Å². The minimum atomic E-state index is -0.652. The highest BCUT2D eigenvalue weighted by molar-refractivity contribution is 7.84. The van der Waals surface area contributed by atoms with Crippen molar-refractivity contribution in [3.8, 4) is 0 Å². The van der Waals surface area contributed by atoms with Gasteiger partial charge in [-0.1, -0.05) is 0 Å². The van der Waals surface area contributed by atoms with Crippen LogP contribution in [0, 0.1) is 0 Å². The molecule has 1 aromatic heterocycles. The van der Waals surface area contributed by atoms with E-state index < -0.39 is 10.8 Å². The summed E-state index contributed by atoms with van der Waals surface area (Å²) in [5.74, 6) is 0.792. The van der Waals surface area contributed by atoms with Gasteiger partial charge < -0.3 is 10.3 Å². The Labute approximate surface area is 81.4 Å². The molecule has 4 heteroatoms. The van der Waals surface area contributed by atoms with Gasteiger partial charge in [0.15, 0.2) is 0 Å². The largest absolute Gasteiger partial charge is 0.367 e. The molecule has 0 aromatic carbocycles. The van der Waals surface area contributed by atoms with Crippen LogP contribution in [0.5, 0.6) is 0 Å². The third kappa shape index (κ3) is 4.85. The summed E-state index contributed by atoms with van der Waals surface area (Å²) in [4.78, 5) is 3.00. The summed E-state index contributed by atoms with van der Waals surface area (Å²) in [5, 5.41) is 3.29. The van der Waals surface area contributed by atoms with Gasteiger partial charge in [0.05, 0.1) is 0 Å². The second-order valence-electron chi connectivity index (χ2n) is 3.03. The van der Waals surface area contributed by atoms with Crippen molar-refractivity contribution in [1.29, 1.82) is 0 Å². The van der Waals surface area contributed by atoms with Gasteiger partial charge in [0.25, 0.3) is 0 Å². The maximum Gasteiger partial charge on any atom is 0.0244 e. The Hall–Kier alpha value is -0.610. The van der Waals surface area contributed by atoms with Crippen LogP contribution in [-0.2, 0) is 17.3 Å². The van der Waals surface area contributed by atoms with E-state index in [0.717, 1.165) is 25.3 Å². The molecule has 0 amide bonds. The number of hydrogen-bond acceptors (Lipinski definition) is 2. The SMILES string of the molecule is CS(=O)CCCNCc1cc[nH]c1. The van der Waals surface area contributed by atoms with Crippen molar-refractivity contribution in [2.75, 3.05) is 18.6 Å². The summed E-state index contributed by atoms with van der Waals surface area (Å²) in [6.07, 6.45) is 6.61. The smallest absolute Gasteiger partial charge is 0.0244 e. The molecule has 1 heterocycles. The Morgan fingerprint density at radius 1 is 1.62 bits per heavy atom. The quantitative estimate of drug-likeness (QED) is 0.669. The van der Waals surface area contributed by atoms with Gasteiger partial charge in [0.2, 0.25) is 0 Å². The lowest BCUT2D eigenvalue weighted by molar-refractivity contribution is 0.662. The predicted octanol–water partition coefficient (Wildman–Crippen LogP) is 0.873. The summed E-state index contributed by atoms with van der Waals surface area (Å²) in [6.45, 7) is 1.82. The molecule has 1 atom stereocenters. The Morgan fingerprint density at radius 2 is 2.46 bits per heavy atom. The zero-order valence-electron chi connectivity index (χ0n) is 7.88. The zero-order valence-corrected chi connectivity index (χ0v) is 8.69. The van der Waals surface area contributed by atoms with E-state index in [9.17, 15) is 4.21 Å². The third-order valence-electron chi connectivity index (χ3n) is 1.78. The van der Waals surface area contributed by atoms with E-state index in [1.807, 2.05) is 18.5 Å². The Balaban J connectivity index is 1.99. The molecule has 13 heavy (non-hydrogen) atoms. The molecule has 0 aliphatic heterocycles. The molecule has 74 valence electrons. The van der Waals surface area contributed by atoms with Crippen molar-refractivity contribution in [3.63, 3.8) is 0 Å². The molecule has 1 rings (SSSR count). The minimum Gasteiger partial charge on any atom is -0.367 e. The van der Waals surface area contributed by atoms with Crippen LogP contribution in [0.3, 0.4) is 0 Å². The van der Waals surface area contributed by atoms with Gasteiger partial charge in [-0.25, -0.2) is 0 Å². The van der Waals surface area contributed by atoms with E-state index >= 15 is 0 Å². The molecule has 0 aliphatic rings. The van der Waals surface area contributed by atoms with E-state index in [0.29, 0.717) is 0 Å². The predicted molar refractivity (Wildman–Crippen MR) is 56.0 cm³/mol. The first kappa shape index (κ1) is 10.5. The van der Waals surface area contributed by atoms with E-state index in [1.165, 1.54) is 5.56 Å². The van der Waals surface area contributed by atoms with Crippen LogP contribution in [-0.4, -0.2) is 27.7 Å². The molecule has 1 aromatic rings. The van der Waals surface area contributed by atoms with Gasteiger partial charge in [-0.15, -0.1) is 0 Å². The summed E-state index contributed by atoms with van der Waals surface area (Å²) >= 11 is 0. The number of aromatic amines is 1. The van der Waals surface area contributed by atoms with E-state index in [-0.39, 0.29) is 0 Å². The summed E-state index contributed by atoms with van der Waals surface area (Å²) in [7, 11) is -0.652. The van der Waals surface area contributed by atoms with Crippen molar-refractivity contribution in [2.24, 2.45) is 0 Å². The van der Waals surface area contributed by atoms with E-state index in [4.69, 9.17) is 0 Å². The fourth-order valence-corrected chi connectivity index (χ4v) is 1.65. The highest BCUT2D eigenvalue weighted by Gasteiger charge is 1.93. The summed E-state index contributed by atoms with van der Waals surface area (Å²) < 4.78 is 10.7. The van der Waals surface area contributed by atoms with Gasteiger partial charge in [0.1, 0.15) is 0 Å². The first-order valence-corrected chi connectivity index (χ1v) is 6.14. The van der Waals surface area contributed by atoms with Crippen molar-refractivity contribution >= 4 is 10.8 Å². The minimum absolute atomic E-state index is 0.652. The molecule has 1 unspecified atom stereocenters. The van der Waals surface area contributed by atoms with Crippen LogP contribution in [0.15, 0.2) is 18.5 Å². The zero-order chi connectivity index (χ0) is 9.52. The van der Waals surface area contributed by atoms with Crippen molar-refractivity contribution in [2.45, 2.75) is 13.0 Å². The van der Waals surface area contributed by atoms with Crippen molar-refractivity contribution in [3.05, 3.63) is 24.0 Å². The number of nitrogens with one attached hydrogen (secondary N) is 2. The average Bonchev–Trinajstić information content (AvgIpc) is 2.55. The van der Waals surface area contributed by atoms with Gasteiger partial charge in [-0.05, 0) is 24.6 Å². The average molecular weight is 200 g/mol. The number of aromatic nitrogens is 1. The van der Waals surface area contributed by atoms with E-state index in [2.05, 4.69) is 10.3 Å². The Bertz CT molecular complexity index is 246. The van der Waals surface area contributed by atoms with Gasteiger partial charge in [-0.3, -0.25) is 4.21 Å². The van der Waals surface area contributed by atoms with Crippen LogP contribution >= 0.6 is 0 Å². The molecule has 2 N–H and O–H groups in total. The highest BCUT2D eigenvalue weighted by atomic mass is 32.2. The fraction of sp³-hybridized carbons (Fsp3) is 0.556. The molecular formula is C9H16N2OS. The molecule has 0 radical (unpaired) electrons. The molecule has 0 saturated carbocycles. The van der Waals surface area contributed by atoms with Crippen LogP contribution in [0.25, 0.3) is 0 Å². The lowest BCUT2D eigenvalue weighted by Gasteiger charge is -2.01. The van der Waals surface area contributed by atoms with E-state index in [1.54, 1.807) is 6.26 Å². The number of H-pyrrole nitrogens is 1. The summed E-state index contributed by atoms with van der Waals surface area (Å²) in [5.41, 5.74) is 1.26. The Morgan fingerprint density at radius 3 is 3.08 bits per heavy atom. The molecule has 0 aliphatic carbocycles. The van der Waals surface area contributed by atoms with Crippen molar-refractivity contribution < 1.29 is 4.21 Å². The second kappa shape index (κ2) is 5.94.